The molecule has 0 aliphatic carbocycles. The van der Waals surface area contributed by atoms with Gasteiger partial charge in [-0.1, -0.05) is 6.07 Å². The second-order valence-electron chi connectivity index (χ2n) is 6.36. The van der Waals surface area contributed by atoms with Crippen LogP contribution in [-0.4, -0.2) is 24.5 Å². The molecule has 2 heteroatoms. The lowest BCUT2D eigenvalue weighted by Crippen LogP contribution is -2.46. The molecule has 0 saturated carbocycles. The predicted molar refractivity (Wildman–Crippen MR) is 80.1 cm³/mol. The Morgan fingerprint density at radius 1 is 1.00 bits per heavy atom. The maximum atomic E-state index is 6.41. The summed E-state index contributed by atoms with van der Waals surface area (Å²) in [6, 6.07) is 2.50. The second-order valence-corrected chi connectivity index (χ2v) is 6.36. The molecule has 0 spiro atoms. The molecule has 1 rings (SSSR count). The van der Waals surface area contributed by atoms with Crippen LogP contribution in [0.1, 0.15) is 47.7 Å². The van der Waals surface area contributed by atoms with Crippen molar-refractivity contribution in [2.24, 2.45) is 5.73 Å². The van der Waals surface area contributed by atoms with Crippen LogP contribution >= 0.6 is 0 Å². The van der Waals surface area contributed by atoms with Crippen molar-refractivity contribution in [3.05, 3.63) is 33.9 Å². The highest BCUT2D eigenvalue weighted by molar-refractivity contribution is 5.46. The number of benzene rings is 1. The van der Waals surface area contributed by atoms with E-state index in [2.05, 4.69) is 66.6 Å². The van der Waals surface area contributed by atoms with Gasteiger partial charge in [0.2, 0.25) is 0 Å². The summed E-state index contributed by atoms with van der Waals surface area (Å²) in [6.45, 7) is 13.0. The smallest absolute Gasteiger partial charge is 0.0522 e. The van der Waals surface area contributed by atoms with Gasteiger partial charge in [0.25, 0.3) is 0 Å². The van der Waals surface area contributed by atoms with Crippen LogP contribution in [0.4, 0.5) is 0 Å². The van der Waals surface area contributed by atoms with E-state index >= 15 is 0 Å². The minimum Gasteiger partial charge on any atom is -0.324 e. The Balaban J connectivity index is 3.56. The molecule has 0 aliphatic rings. The summed E-state index contributed by atoms with van der Waals surface area (Å²) in [6.07, 6.45) is 0. The molecule has 2 nitrogen and oxygen atoms in total. The van der Waals surface area contributed by atoms with Crippen molar-refractivity contribution in [3.63, 3.8) is 0 Å². The van der Waals surface area contributed by atoms with Crippen molar-refractivity contribution in [2.75, 3.05) is 14.1 Å². The van der Waals surface area contributed by atoms with E-state index in [0.717, 1.165) is 0 Å². The van der Waals surface area contributed by atoms with Crippen molar-refractivity contribution < 1.29 is 0 Å². The van der Waals surface area contributed by atoms with Crippen LogP contribution in [0.2, 0.25) is 0 Å². The molecule has 0 radical (unpaired) electrons. The average Bonchev–Trinajstić information content (AvgIpc) is 2.19. The fourth-order valence-electron chi connectivity index (χ4n) is 2.95. The number of nitrogens with two attached hydrogens (primary N) is 1. The highest BCUT2D eigenvalue weighted by Gasteiger charge is 2.31. The molecule has 102 valence electrons. The highest BCUT2D eigenvalue weighted by Crippen LogP contribution is 2.35. The van der Waals surface area contributed by atoms with Crippen LogP contribution in [0.25, 0.3) is 0 Å². The lowest BCUT2D eigenvalue weighted by Gasteiger charge is -2.38. The normalized spacial score (nSPS) is 14.1. The third kappa shape index (κ3) is 2.76. The monoisotopic (exact) mass is 248 g/mol. The molecule has 0 saturated heterocycles. The molecule has 2 N–H and O–H groups in total. The Bertz CT molecular complexity index is 413. The first kappa shape index (κ1) is 15.2. The van der Waals surface area contributed by atoms with Crippen molar-refractivity contribution in [2.45, 2.75) is 53.1 Å². The maximum Gasteiger partial charge on any atom is 0.0522 e. The molecule has 1 aromatic rings. The van der Waals surface area contributed by atoms with Crippen LogP contribution in [-0.2, 0) is 0 Å². The van der Waals surface area contributed by atoms with Crippen molar-refractivity contribution in [3.8, 4) is 0 Å². The van der Waals surface area contributed by atoms with Gasteiger partial charge >= 0.3 is 0 Å². The molecule has 0 fully saturated rings. The van der Waals surface area contributed by atoms with Crippen molar-refractivity contribution >= 4 is 0 Å². The average molecular weight is 248 g/mol. The number of aryl methyl sites for hydroxylation is 2. The number of likely N-dealkylation sites (N-methyl/N-ethyl adjacent to an activating group) is 1. The first-order chi connectivity index (χ1) is 8.07. The van der Waals surface area contributed by atoms with Gasteiger partial charge in [0.15, 0.2) is 0 Å². The zero-order valence-corrected chi connectivity index (χ0v) is 13.2. The molecule has 0 heterocycles. The molecule has 0 bridgehead atoms. The van der Waals surface area contributed by atoms with Crippen molar-refractivity contribution in [1.29, 1.82) is 0 Å². The van der Waals surface area contributed by atoms with E-state index < -0.39 is 0 Å². The van der Waals surface area contributed by atoms with Crippen LogP contribution in [0.5, 0.6) is 0 Å². The van der Waals surface area contributed by atoms with Crippen LogP contribution in [0.3, 0.4) is 0 Å². The van der Waals surface area contributed by atoms with Gasteiger partial charge in [0.05, 0.1) is 6.04 Å². The largest absolute Gasteiger partial charge is 0.324 e. The molecular weight excluding hydrogens is 220 g/mol. The first-order valence-electron chi connectivity index (χ1n) is 6.60. The van der Waals surface area contributed by atoms with Gasteiger partial charge in [-0.15, -0.1) is 0 Å². The Hall–Kier alpha value is -0.860. The van der Waals surface area contributed by atoms with E-state index in [1.165, 1.54) is 27.8 Å². The van der Waals surface area contributed by atoms with Gasteiger partial charge in [-0.25, -0.2) is 0 Å². The molecule has 0 aliphatic heterocycles. The van der Waals surface area contributed by atoms with Gasteiger partial charge in [-0.3, -0.25) is 0 Å². The predicted octanol–water partition coefficient (Wildman–Crippen LogP) is 3.26. The minimum absolute atomic E-state index is 0.232. The first-order valence-corrected chi connectivity index (χ1v) is 6.60. The lowest BCUT2D eigenvalue weighted by atomic mass is 9.81. The summed E-state index contributed by atoms with van der Waals surface area (Å²) in [7, 11) is 4.21. The topological polar surface area (TPSA) is 29.3 Å². The van der Waals surface area contributed by atoms with Gasteiger partial charge in [0, 0.05) is 5.54 Å². The summed E-state index contributed by atoms with van der Waals surface area (Å²) in [4.78, 5) is 2.23. The third-order valence-corrected chi connectivity index (χ3v) is 3.92. The van der Waals surface area contributed by atoms with Crippen molar-refractivity contribution in [1.82, 2.24) is 4.90 Å². The van der Waals surface area contributed by atoms with E-state index in [9.17, 15) is 0 Å². The minimum atomic E-state index is -0.265. The van der Waals surface area contributed by atoms with E-state index in [-0.39, 0.29) is 11.6 Å². The summed E-state index contributed by atoms with van der Waals surface area (Å²) in [5, 5.41) is 0. The summed E-state index contributed by atoms with van der Waals surface area (Å²) in [5.41, 5.74) is 13.0. The van der Waals surface area contributed by atoms with Gasteiger partial charge in [-0.2, -0.15) is 0 Å². The van der Waals surface area contributed by atoms with Gasteiger partial charge < -0.3 is 10.6 Å². The maximum absolute atomic E-state index is 6.41. The van der Waals surface area contributed by atoms with Crippen LogP contribution in [0.15, 0.2) is 6.07 Å². The number of hydrogen-bond acceptors (Lipinski definition) is 2. The number of nitrogens with zero attached hydrogens (tertiary/aromatic N) is 1. The third-order valence-electron chi connectivity index (χ3n) is 3.92. The highest BCUT2D eigenvalue weighted by atomic mass is 15.1. The number of rotatable bonds is 3. The van der Waals surface area contributed by atoms with E-state index in [1.807, 2.05) is 0 Å². The fourth-order valence-corrected chi connectivity index (χ4v) is 2.95. The zero-order chi connectivity index (χ0) is 14.2. The number of hydrogen-bond donors (Lipinski definition) is 1. The van der Waals surface area contributed by atoms with Gasteiger partial charge in [0.1, 0.15) is 0 Å². The van der Waals surface area contributed by atoms with Gasteiger partial charge in [-0.05, 0) is 83.5 Å². The summed E-state index contributed by atoms with van der Waals surface area (Å²) >= 11 is 0. The Labute approximate surface area is 112 Å². The molecular formula is C16H28N2. The van der Waals surface area contributed by atoms with E-state index in [0.29, 0.717) is 0 Å². The molecule has 1 aromatic carbocycles. The van der Waals surface area contributed by atoms with E-state index in [4.69, 9.17) is 5.73 Å². The standard InChI is InChI=1S/C16H28N2/c1-10-9-11(2)13(4)14(12(10)3)15(18(7)8)16(5,6)17/h9,15H,17H2,1-8H3. The molecule has 18 heavy (non-hydrogen) atoms. The summed E-state index contributed by atoms with van der Waals surface area (Å²) < 4.78 is 0. The summed E-state index contributed by atoms with van der Waals surface area (Å²) in [5.74, 6) is 0. The molecule has 0 amide bonds. The zero-order valence-electron chi connectivity index (χ0n) is 13.2. The van der Waals surface area contributed by atoms with E-state index in [1.54, 1.807) is 0 Å². The van der Waals surface area contributed by atoms with Crippen LogP contribution in [0, 0.1) is 27.7 Å². The molecule has 0 aromatic heterocycles. The Kier molecular flexibility index (Phi) is 4.24. The quantitative estimate of drug-likeness (QED) is 0.889. The molecule has 1 atom stereocenters. The Morgan fingerprint density at radius 2 is 1.39 bits per heavy atom. The van der Waals surface area contributed by atoms with Crippen LogP contribution < -0.4 is 5.73 Å². The Morgan fingerprint density at radius 3 is 1.67 bits per heavy atom. The lowest BCUT2D eigenvalue weighted by molar-refractivity contribution is 0.203. The fraction of sp³-hybridized carbons (Fsp3) is 0.625. The molecule has 1 unspecified atom stereocenters. The second kappa shape index (κ2) is 5.02. The SMILES string of the molecule is Cc1cc(C)c(C)c(C(N(C)C)C(C)(C)N)c1C.